The van der Waals surface area contributed by atoms with Crippen LogP contribution in [0.15, 0.2) is 17.1 Å². The lowest BCUT2D eigenvalue weighted by Crippen LogP contribution is -2.40. The molecule has 0 spiro atoms. The van der Waals surface area contributed by atoms with Crippen molar-refractivity contribution in [1.29, 1.82) is 0 Å². The van der Waals surface area contributed by atoms with E-state index >= 15 is 0 Å². The Morgan fingerprint density at radius 3 is 3.14 bits per heavy atom. The van der Waals surface area contributed by atoms with E-state index in [1.165, 1.54) is 5.56 Å². The van der Waals surface area contributed by atoms with E-state index < -0.39 is 0 Å². The van der Waals surface area contributed by atoms with Gasteiger partial charge in [0.25, 0.3) is 0 Å². The minimum atomic E-state index is 0.252. The number of nitrogens with zero attached hydrogens (tertiary/aromatic N) is 1. The van der Waals surface area contributed by atoms with E-state index in [1.54, 1.807) is 0 Å². The molecular formula is C16H23N3O2. The highest BCUT2D eigenvalue weighted by Gasteiger charge is 2.21. The monoisotopic (exact) mass is 289 g/mol. The van der Waals surface area contributed by atoms with Crippen molar-refractivity contribution in [3.63, 3.8) is 0 Å². The lowest BCUT2D eigenvalue weighted by molar-refractivity contribution is 0.254. The van der Waals surface area contributed by atoms with Gasteiger partial charge in [0.15, 0.2) is 5.96 Å². The lowest BCUT2D eigenvalue weighted by atomic mass is 10.1. The zero-order valence-corrected chi connectivity index (χ0v) is 12.7. The number of benzene rings is 1. The van der Waals surface area contributed by atoms with Crippen LogP contribution in [0.1, 0.15) is 31.4 Å². The Bertz CT molecular complexity index is 543. The number of nitrogens with one attached hydrogen (secondary N) is 2. The van der Waals surface area contributed by atoms with Crippen molar-refractivity contribution in [2.45, 2.75) is 39.3 Å². The number of rotatable bonds is 4. The Hall–Kier alpha value is -1.91. The summed E-state index contributed by atoms with van der Waals surface area (Å²) in [6, 6.07) is 4.22. The van der Waals surface area contributed by atoms with Crippen LogP contribution in [0, 0.1) is 0 Å². The molecule has 3 rings (SSSR count). The summed E-state index contributed by atoms with van der Waals surface area (Å²) >= 11 is 0. The van der Waals surface area contributed by atoms with Gasteiger partial charge >= 0.3 is 0 Å². The second-order valence-electron chi connectivity index (χ2n) is 5.50. The third kappa shape index (κ3) is 3.23. The van der Waals surface area contributed by atoms with E-state index in [9.17, 15) is 0 Å². The molecular weight excluding hydrogens is 266 g/mol. The largest absolute Gasteiger partial charge is 0.494 e. The summed E-state index contributed by atoms with van der Waals surface area (Å²) in [5, 5.41) is 6.61. The van der Waals surface area contributed by atoms with Crippen LogP contribution in [-0.2, 0) is 13.0 Å². The highest BCUT2D eigenvalue weighted by Crippen LogP contribution is 2.35. The third-order valence-electron chi connectivity index (χ3n) is 3.72. The molecule has 2 aliphatic heterocycles. The lowest BCUT2D eigenvalue weighted by Gasteiger charge is -2.18. The molecule has 0 radical (unpaired) electrons. The van der Waals surface area contributed by atoms with Gasteiger partial charge in [-0.1, -0.05) is 0 Å². The van der Waals surface area contributed by atoms with Gasteiger partial charge in [0.1, 0.15) is 17.6 Å². The van der Waals surface area contributed by atoms with Crippen LogP contribution in [-0.4, -0.2) is 31.8 Å². The van der Waals surface area contributed by atoms with Crippen molar-refractivity contribution in [2.24, 2.45) is 4.99 Å². The summed E-state index contributed by atoms with van der Waals surface area (Å²) in [7, 11) is 0. The van der Waals surface area contributed by atoms with Crippen LogP contribution < -0.4 is 20.1 Å². The van der Waals surface area contributed by atoms with E-state index in [0.29, 0.717) is 13.2 Å². The smallest absolute Gasteiger partial charge is 0.191 e. The normalized spacial score (nSPS) is 20.1. The summed E-state index contributed by atoms with van der Waals surface area (Å²) in [4.78, 5) is 4.43. The number of hydrogen-bond donors (Lipinski definition) is 2. The molecule has 1 atom stereocenters. The summed E-state index contributed by atoms with van der Waals surface area (Å²) in [5.41, 5.74) is 2.35. The second-order valence-corrected chi connectivity index (χ2v) is 5.50. The van der Waals surface area contributed by atoms with Crippen LogP contribution >= 0.6 is 0 Å². The summed E-state index contributed by atoms with van der Waals surface area (Å²) in [6.07, 6.45) is 2.30. The Labute approximate surface area is 125 Å². The van der Waals surface area contributed by atoms with Crippen molar-refractivity contribution in [2.75, 3.05) is 19.7 Å². The van der Waals surface area contributed by atoms with Crippen LogP contribution in [0.2, 0.25) is 0 Å². The first-order valence-electron chi connectivity index (χ1n) is 7.73. The highest BCUT2D eigenvalue weighted by atomic mass is 16.5. The van der Waals surface area contributed by atoms with Crippen molar-refractivity contribution in [3.05, 3.63) is 23.3 Å². The topological polar surface area (TPSA) is 54.9 Å². The molecule has 5 heteroatoms. The quantitative estimate of drug-likeness (QED) is 0.888. The van der Waals surface area contributed by atoms with Crippen LogP contribution in [0.25, 0.3) is 0 Å². The Morgan fingerprint density at radius 2 is 2.38 bits per heavy atom. The summed E-state index contributed by atoms with van der Waals surface area (Å²) < 4.78 is 11.6. The van der Waals surface area contributed by atoms with Crippen molar-refractivity contribution < 1.29 is 9.47 Å². The molecule has 114 valence electrons. The number of aliphatic imine (C=N–C) groups is 1. The Kier molecular flexibility index (Phi) is 4.18. The van der Waals surface area contributed by atoms with E-state index in [1.807, 2.05) is 6.92 Å². The molecule has 1 unspecified atom stereocenters. The van der Waals surface area contributed by atoms with Gasteiger partial charge in [-0.15, -0.1) is 0 Å². The molecule has 2 N–H and O–H groups in total. The average molecular weight is 289 g/mol. The highest BCUT2D eigenvalue weighted by molar-refractivity contribution is 5.80. The fourth-order valence-corrected chi connectivity index (χ4v) is 2.74. The van der Waals surface area contributed by atoms with E-state index in [-0.39, 0.29) is 6.10 Å². The summed E-state index contributed by atoms with van der Waals surface area (Å²) in [5.74, 6) is 2.80. The molecule has 5 nitrogen and oxygen atoms in total. The fourth-order valence-electron chi connectivity index (χ4n) is 2.74. The molecule has 21 heavy (non-hydrogen) atoms. The van der Waals surface area contributed by atoms with Crippen LogP contribution in [0.4, 0.5) is 0 Å². The second kappa shape index (κ2) is 6.24. The maximum absolute atomic E-state index is 5.84. The van der Waals surface area contributed by atoms with Crippen LogP contribution in [0.3, 0.4) is 0 Å². The van der Waals surface area contributed by atoms with Gasteiger partial charge in [0.05, 0.1) is 6.61 Å². The number of fused-ring (bicyclic) bond motifs is 1. The minimum Gasteiger partial charge on any atom is -0.494 e. The van der Waals surface area contributed by atoms with E-state index in [4.69, 9.17) is 9.47 Å². The minimum absolute atomic E-state index is 0.252. The Balaban J connectivity index is 1.76. The predicted octanol–water partition coefficient (Wildman–Crippen LogP) is 1.85. The molecule has 0 aliphatic carbocycles. The molecule has 0 bridgehead atoms. The zero-order valence-electron chi connectivity index (χ0n) is 12.7. The van der Waals surface area contributed by atoms with Gasteiger partial charge in [0.2, 0.25) is 0 Å². The van der Waals surface area contributed by atoms with Gasteiger partial charge < -0.3 is 20.1 Å². The maximum atomic E-state index is 5.84. The molecule has 0 fully saturated rings. The molecule has 2 heterocycles. The molecule has 2 aliphatic rings. The molecule has 0 aromatic heterocycles. The first kappa shape index (κ1) is 14.0. The van der Waals surface area contributed by atoms with Crippen LogP contribution in [0.5, 0.6) is 11.5 Å². The van der Waals surface area contributed by atoms with Crippen molar-refractivity contribution in [1.82, 2.24) is 10.6 Å². The molecule has 1 aromatic rings. The van der Waals surface area contributed by atoms with Gasteiger partial charge in [-0.25, -0.2) is 0 Å². The maximum Gasteiger partial charge on any atom is 0.191 e. The van der Waals surface area contributed by atoms with Crippen molar-refractivity contribution in [3.8, 4) is 11.5 Å². The van der Waals surface area contributed by atoms with E-state index in [0.717, 1.165) is 49.0 Å². The number of ether oxygens (including phenoxy) is 2. The number of hydrogen-bond acceptors (Lipinski definition) is 5. The molecule has 1 aromatic carbocycles. The average Bonchev–Trinajstić information content (AvgIpc) is 2.85. The molecule has 0 saturated carbocycles. The zero-order chi connectivity index (χ0) is 14.7. The summed E-state index contributed by atoms with van der Waals surface area (Å²) in [6.45, 7) is 7.33. The molecule has 0 saturated heterocycles. The van der Waals surface area contributed by atoms with Crippen molar-refractivity contribution >= 4 is 5.96 Å². The van der Waals surface area contributed by atoms with Gasteiger partial charge in [0, 0.05) is 37.2 Å². The number of guanidine groups is 1. The third-order valence-corrected chi connectivity index (χ3v) is 3.72. The first-order valence-corrected chi connectivity index (χ1v) is 7.73. The van der Waals surface area contributed by atoms with Gasteiger partial charge in [-0.05, 0) is 32.4 Å². The predicted molar refractivity (Wildman–Crippen MR) is 83.2 cm³/mol. The van der Waals surface area contributed by atoms with Gasteiger partial charge in [-0.2, -0.15) is 0 Å². The fraction of sp³-hybridized carbons (Fsp3) is 0.562. The Morgan fingerprint density at radius 1 is 1.48 bits per heavy atom. The standard InChI is InChI=1S/C16H23N3O2/c1-3-20-14-8-12-7-11(2)21-15(12)9-13(14)10-19-16-17-5-4-6-18-16/h8-9,11H,3-7,10H2,1-2H3,(H2,17,18,19). The first-order chi connectivity index (χ1) is 10.3. The SMILES string of the molecule is CCOc1cc2c(cc1CNC1=NCCCN1)OC(C)C2. The molecule has 0 amide bonds. The van der Waals surface area contributed by atoms with Gasteiger partial charge in [-0.3, -0.25) is 4.99 Å². The van der Waals surface area contributed by atoms with E-state index in [2.05, 4.69) is 34.7 Å².